The van der Waals surface area contributed by atoms with Crippen molar-refractivity contribution in [3.8, 4) is 0 Å². The molecule has 3 N–H and O–H groups in total. The second kappa shape index (κ2) is 50.7. The highest BCUT2D eigenvalue weighted by Gasteiger charge is 2.18. The van der Waals surface area contributed by atoms with Gasteiger partial charge in [-0.2, -0.15) is 0 Å². The van der Waals surface area contributed by atoms with Gasteiger partial charge in [-0.05, 0) is 83.5 Å². The average Bonchev–Trinajstić information content (AvgIpc) is 3.26. The first-order chi connectivity index (χ1) is 30.0. The van der Waals surface area contributed by atoms with Crippen LogP contribution < -0.4 is 5.32 Å². The van der Waals surface area contributed by atoms with E-state index in [2.05, 4.69) is 43.5 Å². The van der Waals surface area contributed by atoms with Crippen LogP contribution >= 0.6 is 0 Å². The van der Waals surface area contributed by atoms with E-state index in [1.165, 1.54) is 199 Å². The number of carbonyl (C=O) groups excluding carboxylic acids is 2. The van der Waals surface area contributed by atoms with Crippen LogP contribution in [0.4, 0.5) is 0 Å². The molecule has 6 nitrogen and oxygen atoms in total. The van der Waals surface area contributed by atoms with Gasteiger partial charge < -0.3 is 20.3 Å². The smallest absolute Gasteiger partial charge is 0.305 e. The molecule has 0 aromatic carbocycles. The Morgan fingerprint density at radius 3 is 1.16 bits per heavy atom. The summed E-state index contributed by atoms with van der Waals surface area (Å²) < 4.78 is 5.46. The Hall–Kier alpha value is -1.92. The standard InChI is InChI=1S/C55H103NO5/c1-3-5-7-9-11-13-15-16-25-29-33-37-41-45-49-55(60)61-50-46-42-38-34-30-26-23-21-19-17-18-20-22-24-28-32-36-40-44-48-54(59)56-52(51-57)53(58)47-43-39-35-31-27-14-12-10-8-6-4-2/h15-18,43,47,52-53,57-58H,3-14,19-42,44-46,48-51H2,1-2H3,(H,56,59)/b16-15-,18-17-,47-43+. The molecule has 0 fully saturated rings. The van der Waals surface area contributed by atoms with Crippen molar-refractivity contribution in [2.24, 2.45) is 0 Å². The number of carbonyl (C=O) groups is 2. The SMILES string of the molecule is CCCCCCC/C=C\CCCCCCCC(=O)OCCCCCCCCCC/C=C\CCCCCCCCCC(=O)NC(CO)C(O)/C=C/CCCCCCCCCCC. The lowest BCUT2D eigenvalue weighted by molar-refractivity contribution is -0.143. The number of hydrogen-bond donors (Lipinski definition) is 3. The van der Waals surface area contributed by atoms with E-state index in [4.69, 9.17) is 4.74 Å². The molecule has 0 radical (unpaired) electrons. The van der Waals surface area contributed by atoms with Gasteiger partial charge in [-0.3, -0.25) is 9.59 Å². The van der Waals surface area contributed by atoms with Gasteiger partial charge in [0.15, 0.2) is 0 Å². The highest BCUT2D eigenvalue weighted by atomic mass is 16.5. The van der Waals surface area contributed by atoms with Gasteiger partial charge in [0.1, 0.15) is 0 Å². The van der Waals surface area contributed by atoms with Gasteiger partial charge in [-0.15, -0.1) is 0 Å². The normalized spacial score (nSPS) is 12.9. The third-order valence-electron chi connectivity index (χ3n) is 12.1. The first-order valence-electron chi connectivity index (χ1n) is 26.8. The number of aliphatic hydroxyl groups excluding tert-OH is 2. The fraction of sp³-hybridized carbons (Fsp3) is 0.855. The van der Waals surface area contributed by atoms with Crippen molar-refractivity contribution < 1.29 is 24.5 Å². The zero-order chi connectivity index (χ0) is 44.4. The Balaban J connectivity index is 3.46. The molecule has 0 aliphatic carbocycles. The molecule has 2 atom stereocenters. The summed E-state index contributed by atoms with van der Waals surface area (Å²) in [5, 5.41) is 23.0. The van der Waals surface area contributed by atoms with Crippen LogP contribution in [0.2, 0.25) is 0 Å². The summed E-state index contributed by atoms with van der Waals surface area (Å²) in [6.07, 6.45) is 61.5. The van der Waals surface area contributed by atoms with Crippen molar-refractivity contribution in [3.63, 3.8) is 0 Å². The van der Waals surface area contributed by atoms with Crippen molar-refractivity contribution in [3.05, 3.63) is 36.5 Å². The number of amides is 1. The summed E-state index contributed by atoms with van der Waals surface area (Å²) in [6.45, 7) is 4.86. The summed E-state index contributed by atoms with van der Waals surface area (Å²) in [7, 11) is 0. The van der Waals surface area contributed by atoms with E-state index in [0.29, 0.717) is 19.4 Å². The van der Waals surface area contributed by atoms with Crippen LogP contribution in [-0.4, -0.2) is 47.4 Å². The van der Waals surface area contributed by atoms with Crippen molar-refractivity contribution >= 4 is 11.9 Å². The molecule has 358 valence electrons. The molecular weight excluding hydrogens is 755 g/mol. The van der Waals surface area contributed by atoms with Gasteiger partial charge >= 0.3 is 5.97 Å². The van der Waals surface area contributed by atoms with Crippen molar-refractivity contribution in [1.29, 1.82) is 0 Å². The fourth-order valence-corrected chi connectivity index (χ4v) is 7.97. The molecule has 0 heterocycles. The quantitative estimate of drug-likeness (QED) is 0.0322. The van der Waals surface area contributed by atoms with Gasteiger partial charge in [0, 0.05) is 12.8 Å². The summed E-state index contributed by atoms with van der Waals surface area (Å²) in [5.74, 6) is -0.0858. The molecule has 0 aromatic rings. The summed E-state index contributed by atoms with van der Waals surface area (Å²) >= 11 is 0. The Morgan fingerprint density at radius 1 is 0.443 bits per heavy atom. The van der Waals surface area contributed by atoms with Crippen molar-refractivity contribution in [1.82, 2.24) is 5.32 Å². The van der Waals surface area contributed by atoms with Crippen LogP contribution in [-0.2, 0) is 14.3 Å². The molecule has 0 bridgehead atoms. The van der Waals surface area contributed by atoms with E-state index >= 15 is 0 Å². The monoisotopic (exact) mass is 858 g/mol. The molecule has 61 heavy (non-hydrogen) atoms. The van der Waals surface area contributed by atoms with Gasteiger partial charge in [0.2, 0.25) is 5.91 Å². The second-order valence-corrected chi connectivity index (χ2v) is 18.2. The minimum Gasteiger partial charge on any atom is -0.466 e. The molecular formula is C55H103NO5. The number of hydrogen-bond acceptors (Lipinski definition) is 5. The summed E-state index contributed by atoms with van der Waals surface area (Å²) in [5.41, 5.74) is 0. The summed E-state index contributed by atoms with van der Waals surface area (Å²) in [6, 6.07) is -0.634. The first-order valence-corrected chi connectivity index (χ1v) is 26.8. The molecule has 2 unspecified atom stereocenters. The topological polar surface area (TPSA) is 95.9 Å². The molecule has 0 saturated heterocycles. The maximum absolute atomic E-state index is 12.4. The zero-order valence-corrected chi connectivity index (χ0v) is 40.6. The van der Waals surface area contributed by atoms with Crippen LogP contribution in [0.5, 0.6) is 0 Å². The highest BCUT2D eigenvalue weighted by Crippen LogP contribution is 2.15. The van der Waals surface area contributed by atoms with E-state index in [9.17, 15) is 19.8 Å². The lowest BCUT2D eigenvalue weighted by atomic mass is 10.1. The number of rotatable bonds is 49. The van der Waals surface area contributed by atoms with E-state index < -0.39 is 12.1 Å². The molecule has 0 aliphatic rings. The van der Waals surface area contributed by atoms with E-state index in [1.54, 1.807) is 6.08 Å². The second-order valence-electron chi connectivity index (χ2n) is 18.2. The van der Waals surface area contributed by atoms with Crippen molar-refractivity contribution in [2.75, 3.05) is 13.2 Å². The molecule has 0 rings (SSSR count). The third-order valence-corrected chi connectivity index (χ3v) is 12.1. The average molecular weight is 858 g/mol. The van der Waals surface area contributed by atoms with Gasteiger partial charge in [-0.1, -0.05) is 217 Å². The number of ether oxygens (including phenoxy) is 1. The van der Waals surface area contributed by atoms with Gasteiger partial charge in [-0.25, -0.2) is 0 Å². The fourth-order valence-electron chi connectivity index (χ4n) is 7.97. The minimum atomic E-state index is -0.849. The molecule has 0 saturated carbocycles. The molecule has 0 aromatic heterocycles. The molecule has 6 heteroatoms. The minimum absolute atomic E-state index is 0.00606. The van der Waals surface area contributed by atoms with Crippen LogP contribution in [0.3, 0.4) is 0 Å². The van der Waals surface area contributed by atoms with Crippen LogP contribution in [0.1, 0.15) is 277 Å². The van der Waals surface area contributed by atoms with Crippen LogP contribution in [0.25, 0.3) is 0 Å². The predicted molar refractivity (Wildman–Crippen MR) is 264 cm³/mol. The van der Waals surface area contributed by atoms with E-state index in [-0.39, 0.29) is 18.5 Å². The number of nitrogens with one attached hydrogen (secondary N) is 1. The van der Waals surface area contributed by atoms with Crippen LogP contribution in [0, 0.1) is 0 Å². The van der Waals surface area contributed by atoms with Gasteiger partial charge in [0.25, 0.3) is 0 Å². The number of allylic oxidation sites excluding steroid dienone is 5. The Morgan fingerprint density at radius 2 is 0.770 bits per heavy atom. The molecule has 0 aliphatic heterocycles. The highest BCUT2D eigenvalue weighted by molar-refractivity contribution is 5.76. The number of esters is 1. The van der Waals surface area contributed by atoms with Gasteiger partial charge in [0.05, 0.1) is 25.4 Å². The number of unbranched alkanes of at least 4 members (excludes halogenated alkanes) is 34. The lowest BCUT2D eigenvalue weighted by Crippen LogP contribution is -2.45. The zero-order valence-electron chi connectivity index (χ0n) is 40.6. The lowest BCUT2D eigenvalue weighted by Gasteiger charge is -2.20. The Labute approximate surface area is 379 Å². The molecule has 1 amide bonds. The largest absolute Gasteiger partial charge is 0.466 e. The number of aliphatic hydroxyl groups is 2. The predicted octanol–water partition coefficient (Wildman–Crippen LogP) is 16.1. The Bertz CT molecular complexity index is 993. The first kappa shape index (κ1) is 59.1. The maximum atomic E-state index is 12.4. The Kier molecular flexibility index (Phi) is 49.1. The van der Waals surface area contributed by atoms with E-state index in [1.807, 2.05) is 6.08 Å². The molecule has 0 spiro atoms. The van der Waals surface area contributed by atoms with E-state index in [0.717, 1.165) is 51.4 Å². The van der Waals surface area contributed by atoms with Crippen LogP contribution in [0.15, 0.2) is 36.5 Å². The maximum Gasteiger partial charge on any atom is 0.305 e. The third kappa shape index (κ3) is 47.4. The van der Waals surface area contributed by atoms with Crippen molar-refractivity contribution in [2.45, 2.75) is 289 Å². The summed E-state index contributed by atoms with van der Waals surface area (Å²) in [4.78, 5) is 24.4.